The summed E-state index contributed by atoms with van der Waals surface area (Å²) in [4.78, 5) is 4.29. The smallest absolute Gasteiger partial charge is 0.146 e. The molecule has 0 fully saturated rings. The van der Waals surface area contributed by atoms with Gasteiger partial charge in [0.15, 0.2) is 0 Å². The molecule has 0 aliphatic rings. The number of aromatic nitrogens is 1. The van der Waals surface area contributed by atoms with E-state index in [1.807, 2.05) is 24.3 Å². The van der Waals surface area contributed by atoms with Crippen molar-refractivity contribution in [2.45, 2.75) is 33.0 Å². The average Bonchev–Trinajstić information content (AvgIpc) is 2.87. The molecular weight excluding hydrogens is 228 g/mol. The van der Waals surface area contributed by atoms with Gasteiger partial charge in [-0.2, -0.15) is 0 Å². The lowest BCUT2D eigenvalue weighted by Crippen LogP contribution is -2.22. The maximum atomic E-state index is 5.64. The fraction of sp³-hybridized carbons (Fsp3) is 0.357. The summed E-state index contributed by atoms with van der Waals surface area (Å²) in [6, 6.07) is 7.98. The molecule has 0 atom stereocenters. The van der Waals surface area contributed by atoms with E-state index in [0.29, 0.717) is 12.6 Å². The Morgan fingerprint density at radius 3 is 3.00 bits per heavy atom. The summed E-state index contributed by atoms with van der Waals surface area (Å²) in [5.74, 6) is 1.62. The van der Waals surface area contributed by atoms with E-state index in [0.717, 1.165) is 23.7 Å². The van der Waals surface area contributed by atoms with Gasteiger partial charge in [-0.15, -0.1) is 0 Å². The third-order valence-electron chi connectivity index (χ3n) is 2.44. The van der Waals surface area contributed by atoms with Crippen LogP contribution in [-0.2, 0) is 13.2 Å². The summed E-state index contributed by atoms with van der Waals surface area (Å²) in [7, 11) is 0. The van der Waals surface area contributed by atoms with E-state index in [4.69, 9.17) is 9.15 Å². The molecule has 1 N–H and O–H groups in total. The van der Waals surface area contributed by atoms with Crippen molar-refractivity contribution in [2.75, 3.05) is 0 Å². The summed E-state index contributed by atoms with van der Waals surface area (Å²) >= 11 is 0. The van der Waals surface area contributed by atoms with Gasteiger partial charge in [0.25, 0.3) is 0 Å². The molecule has 0 radical (unpaired) electrons. The fourth-order valence-electron chi connectivity index (χ4n) is 1.50. The number of nitrogens with zero attached hydrogens (tertiary/aromatic N) is 1. The molecule has 2 heterocycles. The van der Waals surface area contributed by atoms with E-state index in [2.05, 4.69) is 24.1 Å². The van der Waals surface area contributed by atoms with Gasteiger partial charge in [-0.05, 0) is 18.2 Å². The normalized spacial score (nSPS) is 10.8. The highest BCUT2D eigenvalue weighted by Crippen LogP contribution is 2.13. The number of furan rings is 1. The highest BCUT2D eigenvalue weighted by atomic mass is 16.5. The molecule has 0 unspecified atom stereocenters. The molecule has 18 heavy (non-hydrogen) atoms. The molecule has 0 aromatic carbocycles. The number of pyridine rings is 1. The summed E-state index contributed by atoms with van der Waals surface area (Å²) in [5, 5.41) is 3.32. The molecule has 4 heteroatoms. The van der Waals surface area contributed by atoms with Crippen molar-refractivity contribution < 1.29 is 9.15 Å². The molecule has 0 bridgehead atoms. The van der Waals surface area contributed by atoms with E-state index in [1.54, 1.807) is 12.5 Å². The van der Waals surface area contributed by atoms with Crippen LogP contribution in [0.5, 0.6) is 5.75 Å². The number of nitrogens with one attached hydrogen (secondary N) is 1. The monoisotopic (exact) mass is 246 g/mol. The Labute approximate surface area is 107 Å². The van der Waals surface area contributed by atoms with Gasteiger partial charge in [-0.3, -0.25) is 4.98 Å². The summed E-state index contributed by atoms with van der Waals surface area (Å²) in [5.41, 5.74) is 0.973. The van der Waals surface area contributed by atoms with Gasteiger partial charge in [-0.1, -0.05) is 13.8 Å². The second-order valence-electron chi connectivity index (χ2n) is 4.39. The van der Waals surface area contributed by atoms with Gasteiger partial charge in [0, 0.05) is 24.8 Å². The zero-order valence-electron chi connectivity index (χ0n) is 10.7. The van der Waals surface area contributed by atoms with Crippen LogP contribution < -0.4 is 10.1 Å². The third-order valence-corrected chi connectivity index (χ3v) is 2.44. The van der Waals surface area contributed by atoms with Crippen molar-refractivity contribution in [3.8, 4) is 5.75 Å². The minimum absolute atomic E-state index is 0.439. The Morgan fingerprint density at radius 1 is 1.39 bits per heavy atom. The zero-order chi connectivity index (χ0) is 12.8. The summed E-state index contributed by atoms with van der Waals surface area (Å²) in [6.07, 6.45) is 3.40. The largest absolute Gasteiger partial charge is 0.486 e. The van der Waals surface area contributed by atoms with Crippen LogP contribution in [0.2, 0.25) is 0 Å². The van der Waals surface area contributed by atoms with Crippen LogP contribution in [0, 0.1) is 0 Å². The molecule has 0 amide bonds. The summed E-state index contributed by atoms with van der Waals surface area (Å²) < 4.78 is 10.8. The Kier molecular flexibility index (Phi) is 4.36. The van der Waals surface area contributed by atoms with E-state index in [1.165, 1.54) is 0 Å². The predicted octanol–water partition coefficient (Wildman–Crippen LogP) is 2.75. The Bertz CT molecular complexity index is 466. The van der Waals surface area contributed by atoms with Crippen molar-refractivity contribution >= 4 is 0 Å². The second-order valence-corrected chi connectivity index (χ2v) is 4.39. The first-order valence-electron chi connectivity index (χ1n) is 6.07. The molecule has 0 saturated heterocycles. The first kappa shape index (κ1) is 12.6. The molecule has 0 aliphatic carbocycles. The molecule has 2 rings (SSSR count). The van der Waals surface area contributed by atoms with Crippen LogP contribution in [-0.4, -0.2) is 11.0 Å². The van der Waals surface area contributed by atoms with Gasteiger partial charge in [0.05, 0.1) is 12.0 Å². The van der Waals surface area contributed by atoms with E-state index >= 15 is 0 Å². The molecule has 4 nitrogen and oxygen atoms in total. The SMILES string of the molecule is CC(C)NCc1cc(OCc2ccco2)ccn1. The number of hydrogen-bond acceptors (Lipinski definition) is 4. The van der Waals surface area contributed by atoms with Crippen LogP contribution in [0.25, 0.3) is 0 Å². The maximum Gasteiger partial charge on any atom is 0.146 e. The Morgan fingerprint density at radius 2 is 2.28 bits per heavy atom. The Balaban J connectivity index is 1.90. The quantitative estimate of drug-likeness (QED) is 0.851. The molecule has 0 spiro atoms. The number of rotatable bonds is 6. The lowest BCUT2D eigenvalue weighted by atomic mass is 10.3. The first-order valence-corrected chi connectivity index (χ1v) is 6.07. The van der Waals surface area contributed by atoms with Gasteiger partial charge >= 0.3 is 0 Å². The third kappa shape index (κ3) is 3.89. The van der Waals surface area contributed by atoms with Crippen molar-refractivity contribution in [3.05, 3.63) is 48.2 Å². The van der Waals surface area contributed by atoms with Crippen molar-refractivity contribution in [3.63, 3.8) is 0 Å². The zero-order valence-corrected chi connectivity index (χ0v) is 10.7. The van der Waals surface area contributed by atoms with Crippen molar-refractivity contribution in [2.24, 2.45) is 0 Å². The molecule has 0 aliphatic heterocycles. The van der Waals surface area contributed by atoms with Gasteiger partial charge < -0.3 is 14.5 Å². The number of ether oxygens (including phenoxy) is 1. The van der Waals surface area contributed by atoms with Gasteiger partial charge in [0.2, 0.25) is 0 Å². The highest BCUT2D eigenvalue weighted by Gasteiger charge is 2.01. The van der Waals surface area contributed by atoms with Crippen LogP contribution in [0.15, 0.2) is 41.1 Å². The second kappa shape index (κ2) is 6.21. The molecular formula is C14H18N2O2. The lowest BCUT2D eigenvalue weighted by Gasteiger charge is -2.09. The lowest BCUT2D eigenvalue weighted by molar-refractivity contribution is 0.269. The van der Waals surface area contributed by atoms with E-state index in [9.17, 15) is 0 Å². The Hall–Kier alpha value is -1.81. The van der Waals surface area contributed by atoms with Crippen LogP contribution in [0.4, 0.5) is 0 Å². The fourth-order valence-corrected chi connectivity index (χ4v) is 1.50. The van der Waals surface area contributed by atoms with Gasteiger partial charge in [-0.25, -0.2) is 0 Å². The molecule has 0 saturated carbocycles. The van der Waals surface area contributed by atoms with Crippen molar-refractivity contribution in [1.29, 1.82) is 0 Å². The minimum Gasteiger partial charge on any atom is -0.486 e. The van der Waals surface area contributed by atoms with E-state index < -0.39 is 0 Å². The predicted molar refractivity (Wildman–Crippen MR) is 69.3 cm³/mol. The molecule has 2 aromatic rings. The standard InChI is InChI=1S/C14H18N2O2/c1-11(2)16-9-12-8-13(5-6-15-12)18-10-14-4-3-7-17-14/h3-8,11,16H,9-10H2,1-2H3. The highest BCUT2D eigenvalue weighted by molar-refractivity contribution is 5.22. The van der Waals surface area contributed by atoms with Crippen molar-refractivity contribution in [1.82, 2.24) is 10.3 Å². The average molecular weight is 246 g/mol. The summed E-state index contributed by atoms with van der Waals surface area (Å²) in [6.45, 7) is 5.40. The van der Waals surface area contributed by atoms with Crippen LogP contribution >= 0.6 is 0 Å². The van der Waals surface area contributed by atoms with Gasteiger partial charge in [0.1, 0.15) is 18.1 Å². The molecule has 96 valence electrons. The minimum atomic E-state index is 0.439. The van der Waals surface area contributed by atoms with Crippen LogP contribution in [0.3, 0.4) is 0 Å². The maximum absolute atomic E-state index is 5.64. The number of hydrogen-bond donors (Lipinski definition) is 1. The topological polar surface area (TPSA) is 47.3 Å². The molecule has 2 aromatic heterocycles. The first-order chi connectivity index (χ1) is 8.74. The van der Waals surface area contributed by atoms with E-state index in [-0.39, 0.29) is 0 Å². The van der Waals surface area contributed by atoms with Crippen LogP contribution in [0.1, 0.15) is 25.3 Å².